The molecule has 1 saturated carbocycles. The minimum atomic E-state index is 0.578. The Hall–Kier alpha value is -0.420. The van der Waals surface area contributed by atoms with Crippen molar-refractivity contribution < 1.29 is 0 Å². The molecule has 4 nitrogen and oxygen atoms in total. The molecule has 0 saturated heterocycles. The van der Waals surface area contributed by atoms with Gasteiger partial charge in [0, 0.05) is 19.0 Å². The summed E-state index contributed by atoms with van der Waals surface area (Å²) in [4.78, 5) is 0. The standard InChI is InChI=1S/C11H19BrN4/c1-13-9-6-4-3-5-8(7-9)10-11(12)14-15-16(10)2/h8-9,13H,3-7H2,1-2H3. The Balaban J connectivity index is 2.19. The van der Waals surface area contributed by atoms with Crippen molar-refractivity contribution >= 4 is 15.9 Å². The van der Waals surface area contributed by atoms with E-state index in [9.17, 15) is 0 Å². The molecular formula is C11H19BrN4. The molecule has 0 spiro atoms. The highest BCUT2D eigenvalue weighted by Crippen LogP contribution is 2.34. The molecule has 2 atom stereocenters. The topological polar surface area (TPSA) is 42.7 Å². The van der Waals surface area contributed by atoms with Crippen molar-refractivity contribution in [3.05, 3.63) is 10.3 Å². The molecule has 90 valence electrons. The fraction of sp³-hybridized carbons (Fsp3) is 0.818. The third-order valence-corrected chi connectivity index (χ3v) is 4.11. The predicted octanol–water partition coefficient (Wildman–Crippen LogP) is 2.21. The molecule has 0 aliphatic heterocycles. The third-order valence-electron chi connectivity index (χ3n) is 3.55. The van der Waals surface area contributed by atoms with Crippen LogP contribution in [0.1, 0.15) is 43.7 Å². The van der Waals surface area contributed by atoms with Crippen LogP contribution in [-0.4, -0.2) is 28.1 Å². The van der Waals surface area contributed by atoms with Crippen molar-refractivity contribution in [3.63, 3.8) is 0 Å². The van der Waals surface area contributed by atoms with Crippen LogP contribution < -0.4 is 5.32 Å². The Morgan fingerprint density at radius 2 is 2.12 bits per heavy atom. The second kappa shape index (κ2) is 5.27. The van der Waals surface area contributed by atoms with E-state index in [-0.39, 0.29) is 0 Å². The van der Waals surface area contributed by atoms with Crippen LogP contribution in [0.5, 0.6) is 0 Å². The van der Waals surface area contributed by atoms with Crippen LogP contribution in [0.3, 0.4) is 0 Å². The highest BCUT2D eigenvalue weighted by molar-refractivity contribution is 9.10. The lowest BCUT2D eigenvalue weighted by molar-refractivity contribution is 0.455. The molecule has 0 aromatic carbocycles. The molecule has 1 aliphatic rings. The fourth-order valence-corrected chi connectivity index (χ4v) is 3.29. The molecule has 0 bridgehead atoms. The van der Waals surface area contributed by atoms with Gasteiger partial charge in [0.05, 0.1) is 5.69 Å². The number of aryl methyl sites for hydroxylation is 1. The first-order valence-corrected chi connectivity index (χ1v) is 6.74. The molecular weight excluding hydrogens is 268 g/mol. The Morgan fingerprint density at radius 1 is 1.38 bits per heavy atom. The number of nitrogens with zero attached hydrogens (tertiary/aromatic N) is 3. The van der Waals surface area contributed by atoms with Crippen LogP contribution in [0.4, 0.5) is 0 Å². The summed E-state index contributed by atoms with van der Waals surface area (Å²) < 4.78 is 2.82. The van der Waals surface area contributed by atoms with Gasteiger partial charge in [-0.25, -0.2) is 0 Å². The van der Waals surface area contributed by atoms with E-state index in [1.807, 2.05) is 11.7 Å². The van der Waals surface area contributed by atoms with Crippen LogP contribution in [-0.2, 0) is 7.05 Å². The van der Waals surface area contributed by atoms with Crippen molar-refractivity contribution in [2.75, 3.05) is 7.05 Å². The molecule has 1 N–H and O–H groups in total. The van der Waals surface area contributed by atoms with Crippen molar-refractivity contribution in [3.8, 4) is 0 Å². The zero-order chi connectivity index (χ0) is 11.5. The smallest absolute Gasteiger partial charge is 0.151 e. The fourth-order valence-electron chi connectivity index (χ4n) is 2.64. The van der Waals surface area contributed by atoms with Crippen molar-refractivity contribution in [1.29, 1.82) is 0 Å². The SMILES string of the molecule is CNC1CCCCC(c2c(Br)nnn2C)C1. The van der Waals surface area contributed by atoms with E-state index in [2.05, 4.69) is 38.6 Å². The van der Waals surface area contributed by atoms with Crippen LogP contribution in [0.25, 0.3) is 0 Å². The first kappa shape index (κ1) is 12.0. The molecule has 1 aromatic rings. The summed E-state index contributed by atoms with van der Waals surface area (Å²) >= 11 is 3.51. The Morgan fingerprint density at radius 3 is 2.75 bits per heavy atom. The lowest BCUT2D eigenvalue weighted by Crippen LogP contribution is -2.26. The second-order valence-corrected chi connectivity index (χ2v) is 5.34. The molecule has 5 heteroatoms. The average Bonchev–Trinajstić information content (AvgIpc) is 2.53. The lowest BCUT2D eigenvalue weighted by Gasteiger charge is -2.19. The summed E-state index contributed by atoms with van der Waals surface area (Å²) in [6.45, 7) is 0. The van der Waals surface area contributed by atoms with Gasteiger partial charge < -0.3 is 5.32 Å². The maximum atomic E-state index is 4.08. The summed E-state index contributed by atoms with van der Waals surface area (Å²) in [5.41, 5.74) is 1.25. The summed E-state index contributed by atoms with van der Waals surface area (Å²) in [6.07, 6.45) is 6.36. The largest absolute Gasteiger partial charge is 0.317 e. The minimum absolute atomic E-state index is 0.578. The van der Waals surface area contributed by atoms with Crippen LogP contribution in [0, 0.1) is 0 Å². The number of nitrogens with one attached hydrogen (secondary N) is 1. The molecule has 2 rings (SSSR count). The van der Waals surface area contributed by atoms with Gasteiger partial charge in [0.25, 0.3) is 0 Å². The molecule has 1 fully saturated rings. The molecule has 1 aliphatic carbocycles. The monoisotopic (exact) mass is 286 g/mol. The number of hydrogen-bond donors (Lipinski definition) is 1. The first-order chi connectivity index (χ1) is 7.72. The van der Waals surface area contributed by atoms with Gasteiger partial charge in [0.1, 0.15) is 0 Å². The molecule has 2 unspecified atom stereocenters. The normalized spacial score (nSPS) is 26.7. The van der Waals surface area contributed by atoms with Crippen molar-refractivity contribution in [2.45, 2.75) is 44.1 Å². The van der Waals surface area contributed by atoms with Gasteiger partial charge in [-0.2, -0.15) is 0 Å². The zero-order valence-electron chi connectivity index (χ0n) is 9.91. The van der Waals surface area contributed by atoms with Gasteiger partial charge in [-0.3, -0.25) is 4.68 Å². The van der Waals surface area contributed by atoms with Gasteiger partial charge in [0.2, 0.25) is 0 Å². The van der Waals surface area contributed by atoms with E-state index in [0.29, 0.717) is 12.0 Å². The molecule has 0 radical (unpaired) electrons. The Bertz CT molecular complexity index is 330. The van der Waals surface area contributed by atoms with Gasteiger partial charge in [0.15, 0.2) is 4.60 Å². The van der Waals surface area contributed by atoms with Gasteiger partial charge in [-0.15, -0.1) is 5.10 Å². The maximum absolute atomic E-state index is 4.08. The van der Waals surface area contributed by atoms with E-state index in [1.54, 1.807) is 0 Å². The quantitative estimate of drug-likeness (QED) is 0.848. The highest BCUT2D eigenvalue weighted by atomic mass is 79.9. The van der Waals surface area contributed by atoms with Crippen LogP contribution in [0.2, 0.25) is 0 Å². The Kier molecular flexibility index (Phi) is 3.97. The number of rotatable bonds is 2. The average molecular weight is 287 g/mol. The van der Waals surface area contributed by atoms with E-state index in [0.717, 1.165) is 4.60 Å². The van der Waals surface area contributed by atoms with Gasteiger partial charge in [-0.1, -0.05) is 18.1 Å². The van der Waals surface area contributed by atoms with Crippen LogP contribution in [0.15, 0.2) is 4.60 Å². The maximum Gasteiger partial charge on any atom is 0.151 e. The number of halogens is 1. The minimum Gasteiger partial charge on any atom is -0.317 e. The molecule has 0 amide bonds. The van der Waals surface area contributed by atoms with E-state index in [1.165, 1.54) is 37.8 Å². The van der Waals surface area contributed by atoms with Crippen LogP contribution >= 0.6 is 15.9 Å². The number of hydrogen-bond acceptors (Lipinski definition) is 3. The zero-order valence-corrected chi connectivity index (χ0v) is 11.5. The third kappa shape index (κ3) is 2.46. The summed E-state index contributed by atoms with van der Waals surface area (Å²) in [6, 6.07) is 0.634. The first-order valence-electron chi connectivity index (χ1n) is 5.94. The van der Waals surface area contributed by atoms with E-state index in [4.69, 9.17) is 0 Å². The summed E-state index contributed by atoms with van der Waals surface area (Å²) in [5, 5.41) is 11.6. The highest BCUT2D eigenvalue weighted by Gasteiger charge is 2.25. The van der Waals surface area contributed by atoms with Crippen molar-refractivity contribution in [2.24, 2.45) is 7.05 Å². The molecule has 16 heavy (non-hydrogen) atoms. The van der Waals surface area contributed by atoms with E-state index < -0.39 is 0 Å². The lowest BCUT2D eigenvalue weighted by atomic mass is 9.95. The second-order valence-electron chi connectivity index (χ2n) is 4.59. The summed E-state index contributed by atoms with van der Waals surface area (Å²) in [5.74, 6) is 0.578. The van der Waals surface area contributed by atoms with Gasteiger partial charge >= 0.3 is 0 Å². The van der Waals surface area contributed by atoms with E-state index >= 15 is 0 Å². The number of aromatic nitrogens is 3. The van der Waals surface area contributed by atoms with Crippen molar-refractivity contribution in [1.82, 2.24) is 20.3 Å². The predicted molar refractivity (Wildman–Crippen MR) is 67.4 cm³/mol. The van der Waals surface area contributed by atoms with Gasteiger partial charge in [-0.05, 0) is 42.2 Å². The molecule has 1 aromatic heterocycles. The molecule has 1 heterocycles. The summed E-state index contributed by atoms with van der Waals surface area (Å²) in [7, 11) is 4.04. The Labute approximate surface area is 105 Å².